The molecule has 0 unspecified atom stereocenters. The van der Waals surface area contributed by atoms with Crippen molar-refractivity contribution < 1.29 is 8.42 Å². The van der Waals surface area contributed by atoms with E-state index in [0.29, 0.717) is 18.1 Å². The maximum atomic E-state index is 12.6. The third kappa shape index (κ3) is 3.31. The Hall–Kier alpha value is -0.140. The minimum Gasteiger partial charge on any atom is -0.398 e. The summed E-state index contributed by atoms with van der Waals surface area (Å²) in [5, 5.41) is 0.398. The number of rotatable bonds is 2. The Bertz CT molecular complexity index is 547. The first-order chi connectivity index (χ1) is 8.93. The van der Waals surface area contributed by atoms with Crippen LogP contribution in [0, 0.1) is 0 Å². The molecule has 0 radical (unpaired) electrons. The van der Waals surface area contributed by atoms with E-state index in [0.717, 1.165) is 17.9 Å². The molecule has 0 bridgehead atoms. The fourth-order valence-electron chi connectivity index (χ4n) is 1.95. The molecule has 1 aromatic carbocycles. The molecule has 2 N–H and O–H groups in total. The molecule has 1 saturated heterocycles. The van der Waals surface area contributed by atoms with Gasteiger partial charge in [-0.25, -0.2) is 8.42 Å². The highest BCUT2D eigenvalue weighted by Crippen LogP contribution is 2.33. The normalized spacial score (nSPS) is 18.2. The molecule has 0 spiro atoms. The lowest BCUT2D eigenvalue weighted by molar-refractivity contribution is 0.435. The zero-order valence-electron chi connectivity index (χ0n) is 10.1. The number of benzene rings is 1. The number of nitrogens with two attached hydrogens (primary N) is 1. The number of sulfonamides is 1. The van der Waals surface area contributed by atoms with Gasteiger partial charge in [-0.2, -0.15) is 16.1 Å². The summed E-state index contributed by atoms with van der Waals surface area (Å²) in [5.74, 6) is 1.75. The summed E-state index contributed by atoms with van der Waals surface area (Å²) in [4.78, 5) is -0.0366. The van der Waals surface area contributed by atoms with Gasteiger partial charge in [-0.3, -0.25) is 0 Å². The molecule has 19 heavy (non-hydrogen) atoms. The second-order valence-electron chi connectivity index (χ2n) is 4.18. The number of thioether (sulfide) groups is 1. The highest BCUT2D eigenvalue weighted by Gasteiger charge is 2.29. The summed E-state index contributed by atoms with van der Waals surface area (Å²) in [5.41, 5.74) is 5.87. The fourth-order valence-corrected chi connectivity index (χ4v) is 5.37. The lowest BCUT2D eigenvalue weighted by atomic mass is 10.3. The molecule has 0 saturated carbocycles. The van der Waals surface area contributed by atoms with Gasteiger partial charge in [0.25, 0.3) is 0 Å². The van der Waals surface area contributed by atoms with Crippen LogP contribution in [0.5, 0.6) is 0 Å². The number of hydrogen-bond acceptors (Lipinski definition) is 4. The Kier molecular flexibility index (Phi) is 4.89. The van der Waals surface area contributed by atoms with E-state index in [2.05, 4.69) is 0 Å². The summed E-state index contributed by atoms with van der Waals surface area (Å²) in [6.45, 7) is 0.971. The minimum absolute atomic E-state index is 0.0366. The molecule has 1 heterocycles. The number of halogens is 2. The largest absolute Gasteiger partial charge is 0.398 e. The van der Waals surface area contributed by atoms with Gasteiger partial charge in [-0.1, -0.05) is 23.2 Å². The van der Waals surface area contributed by atoms with Crippen molar-refractivity contribution in [3.63, 3.8) is 0 Å². The first kappa shape index (κ1) is 15.3. The molecular formula is C11H14Cl2N2O2S2. The minimum atomic E-state index is -3.66. The lowest BCUT2D eigenvalue weighted by Gasteiger charge is -2.21. The van der Waals surface area contributed by atoms with Gasteiger partial charge in [0.15, 0.2) is 0 Å². The standard InChI is InChI=1S/C11H14Cl2N2O2S2/c12-8-6-9(13)11(10(14)7-8)19(16,17)15-2-1-4-18-5-3-15/h6-7H,1-5,14H2. The number of nitrogens with zero attached hydrogens (tertiary/aromatic N) is 1. The highest BCUT2D eigenvalue weighted by atomic mass is 35.5. The van der Waals surface area contributed by atoms with Gasteiger partial charge in [-0.15, -0.1) is 0 Å². The molecule has 106 valence electrons. The quantitative estimate of drug-likeness (QED) is 0.840. The second-order valence-corrected chi connectivity index (χ2v) is 8.12. The van der Waals surface area contributed by atoms with Crippen molar-refractivity contribution in [1.82, 2.24) is 4.31 Å². The Morgan fingerprint density at radius 2 is 1.95 bits per heavy atom. The van der Waals surface area contributed by atoms with Gasteiger partial charge in [0.1, 0.15) is 4.90 Å². The monoisotopic (exact) mass is 340 g/mol. The van der Waals surface area contributed by atoms with Gasteiger partial charge in [0.05, 0.1) is 10.7 Å². The van der Waals surface area contributed by atoms with Gasteiger partial charge < -0.3 is 5.73 Å². The molecule has 0 amide bonds. The topological polar surface area (TPSA) is 63.4 Å². The summed E-state index contributed by atoms with van der Waals surface area (Å²) in [7, 11) is -3.66. The van der Waals surface area contributed by atoms with E-state index in [9.17, 15) is 8.42 Å². The Morgan fingerprint density at radius 1 is 1.21 bits per heavy atom. The van der Waals surface area contributed by atoms with Gasteiger partial charge in [0, 0.05) is 23.9 Å². The van der Waals surface area contributed by atoms with Crippen LogP contribution in [-0.2, 0) is 10.0 Å². The average molecular weight is 341 g/mol. The average Bonchev–Trinajstić information content (AvgIpc) is 2.55. The second kappa shape index (κ2) is 6.10. The number of nitrogen functional groups attached to an aromatic ring is 1. The van der Waals surface area contributed by atoms with E-state index in [1.165, 1.54) is 16.4 Å². The Balaban J connectivity index is 2.44. The molecule has 2 rings (SSSR count). The van der Waals surface area contributed by atoms with Crippen LogP contribution in [0.25, 0.3) is 0 Å². The molecule has 1 fully saturated rings. The highest BCUT2D eigenvalue weighted by molar-refractivity contribution is 7.99. The number of hydrogen-bond donors (Lipinski definition) is 1. The van der Waals surface area contributed by atoms with E-state index < -0.39 is 10.0 Å². The third-order valence-corrected chi connectivity index (χ3v) is 6.51. The van der Waals surface area contributed by atoms with E-state index in [1.54, 1.807) is 11.8 Å². The first-order valence-electron chi connectivity index (χ1n) is 5.75. The van der Waals surface area contributed by atoms with Crippen molar-refractivity contribution in [3.8, 4) is 0 Å². The van der Waals surface area contributed by atoms with E-state index in [-0.39, 0.29) is 15.6 Å². The molecule has 1 aromatic rings. The van der Waals surface area contributed by atoms with Crippen LogP contribution < -0.4 is 5.73 Å². The summed E-state index contributed by atoms with van der Waals surface area (Å²) in [6, 6.07) is 2.81. The smallest absolute Gasteiger partial charge is 0.246 e. The molecular weight excluding hydrogens is 327 g/mol. The van der Waals surface area contributed by atoms with Crippen molar-refractivity contribution in [1.29, 1.82) is 0 Å². The summed E-state index contributed by atoms with van der Waals surface area (Å²) < 4.78 is 26.6. The van der Waals surface area contributed by atoms with E-state index in [1.807, 2.05) is 0 Å². The van der Waals surface area contributed by atoms with Gasteiger partial charge in [-0.05, 0) is 24.3 Å². The van der Waals surface area contributed by atoms with Crippen LogP contribution in [0.2, 0.25) is 10.0 Å². The number of anilines is 1. The molecule has 0 aromatic heterocycles. The summed E-state index contributed by atoms with van der Waals surface area (Å²) in [6.07, 6.45) is 0.828. The van der Waals surface area contributed by atoms with Crippen molar-refractivity contribution in [2.45, 2.75) is 11.3 Å². The van der Waals surface area contributed by atoms with Crippen molar-refractivity contribution in [3.05, 3.63) is 22.2 Å². The van der Waals surface area contributed by atoms with Crippen LogP contribution in [0.3, 0.4) is 0 Å². The summed E-state index contributed by atoms with van der Waals surface area (Å²) >= 11 is 13.6. The van der Waals surface area contributed by atoms with Crippen molar-refractivity contribution in [2.24, 2.45) is 0 Å². The molecule has 1 aliphatic heterocycles. The zero-order valence-corrected chi connectivity index (χ0v) is 13.2. The van der Waals surface area contributed by atoms with Gasteiger partial charge in [0.2, 0.25) is 10.0 Å². The first-order valence-corrected chi connectivity index (χ1v) is 9.10. The lowest BCUT2D eigenvalue weighted by Crippen LogP contribution is -2.33. The zero-order chi connectivity index (χ0) is 14.0. The SMILES string of the molecule is Nc1cc(Cl)cc(Cl)c1S(=O)(=O)N1CCCSCC1. The van der Waals surface area contributed by atoms with Gasteiger partial charge >= 0.3 is 0 Å². The van der Waals surface area contributed by atoms with Crippen LogP contribution in [0.1, 0.15) is 6.42 Å². The van der Waals surface area contributed by atoms with Crippen molar-refractivity contribution in [2.75, 3.05) is 30.3 Å². The molecule has 1 aliphatic rings. The maximum Gasteiger partial charge on any atom is 0.246 e. The van der Waals surface area contributed by atoms with Crippen LogP contribution in [-0.4, -0.2) is 37.3 Å². The van der Waals surface area contributed by atoms with Crippen LogP contribution in [0.4, 0.5) is 5.69 Å². The van der Waals surface area contributed by atoms with E-state index >= 15 is 0 Å². The Labute approximate surface area is 127 Å². The van der Waals surface area contributed by atoms with Crippen LogP contribution >= 0.6 is 35.0 Å². The van der Waals surface area contributed by atoms with Crippen LogP contribution in [0.15, 0.2) is 17.0 Å². The molecule has 4 nitrogen and oxygen atoms in total. The Morgan fingerprint density at radius 3 is 2.63 bits per heavy atom. The fraction of sp³-hybridized carbons (Fsp3) is 0.455. The third-order valence-electron chi connectivity index (χ3n) is 2.82. The molecule has 0 aliphatic carbocycles. The maximum absolute atomic E-state index is 12.6. The molecule has 8 heteroatoms. The van der Waals surface area contributed by atoms with E-state index in [4.69, 9.17) is 28.9 Å². The predicted octanol–water partition coefficient (Wildman–Crippen LogP) is 2.70. The molecule has 0 atom stereocenters. The van der Waals surface area contributed by atoms with Crippen molar-refractivity contribution >= 4 is 50.7 Å². The predicted molar refractivity (Wildman–Crippen MR) is 81.6 cm³/mol.